The number of hydrogen-bond acceptors (Lipinski definition) is 3. The second kappa shape index (κ2) is 7.09. The molecule has 0 atom stereocenters. The van der Waals surface area contributed by atoms with Crippen LogP contribution in [-0.2, 0) is 22.9 Å². The van der Waals surface area contributed by atoms with E-state index in [2.05, 4.69) is 16.9 Å². The predicted molar refractivity (Wildman–Crippen MR) is 80.7 cm³/mol. The summed E-state index contributed by atoms with van der Waals surface area (Å²) in [5.41, 5.74) is 2.80. The number of fused-ring (bicyclic) bond motifs is 1. The normalized spacial score (nSPS) is 14.8. The maximum absolute atomic E-state index is 11.5. The molecule has 0 bridgehead atoms. The minimum atomic E-state index is -3.13. The molecule has 0 heterocycles. The number of sulfonamides is 1. The third-order valence-electron chi connectivity index (χ3n) is 3.49. The number of ether oxygens (including phenoxy) is 1. The van der Waals surface area contributed by atoms with Crippen LogP contribution >= 0.6 is 0 Å². The second-order valence-electron chi connectivity index (χ2n) is 5.20. The summed E-state index contributed by atoms with van der Waals surface area (Å²) in [6.45, 7) is 2.53. The molecule has 1 aromatic carbocycles. The lowest BCUT2D eigenvalue weighted by atomic mass is 9.92. The van der Waals surface area contributed by atoms with E-state index in [0.717, 1.165) is 18.6 Å². The summed E-state index contributed by atoms with van der Waals surface area (Å²) in [6.07, 6.45) is 5.42. The zero-order chi connectivity index (χ0) is 14.4. The van der Waals surface area contributed by atoms with Crippen LogP contribution in [-0.4, -0.2) is 27.3 Å². The number of rotatable bonds is 7. The fraction of sp³-hybridized carbons (Fsp3) is 0.600. The molecule has 0 amide bonds. The zero-order valence-electron chi connectivity index (χ0n) is 12.0. The van der Waals surface area contributed by atoms with E-state index in [1.54, 1.807) is 0 Å². The maximum atomic E-state index is 11.5. The Bertz CT molecular complexity index is 540. The number of hydrogen-bond donors (Lipinski definition) is 1. The van der Waals surface area contributed by atoms with Gasteiger partial charge in [0.15, 0.2) is 0 Å². The molecule has 5 heteroatoms. The van der Waals surface area contributed by atoms with Gasteiger partial charge in [-0.2, -0.15) is 0 Å². The highest BCUT2D eigenvalue weighted by molar-refractivity contribution is 7.89. The Morgan fingerprint density at radius 2 is 1.95 bits per heavy atom. The molecular formula is C15H23NO3S. The van der Waals surface area contributed by atoms with Crippen LogP contribution in [0.15, 0.2) is 18.2 Å². The van der Waals surface area contributed by atoms with Gasteiger partial charge in [-0.1, -0.05) is 13.0 Å². The lowest BCUT2D eigenvalue weighted by Gasteiger charge is -2.16. The predicted octanol–water partition coefficient (Wildman–Crippen LogP) is 2.27. The van der Waals surface area contributed by atoms with E-state index in [0.29, 0.717) is 19.6 Å². The number of benzene rings is 1. The van der Waals surface area contributed by atoms with Crippen molar-refractivity contribution in [2.45, 2.75) is 39.0 Å². The summed E-state index contributed by atoms with van der Waals surface area (Å²) in [7, 11) is -3.13. The van der Waals surface area contributed by atoms with E-state index >= 15 is 0 Å². The van der Waals surface area contributed by atoms with Crippen LogP contribution in [0.2, 0.25) is 0 Å². The minimum Gasteiger partial charge on any atom is -0.492 e. The molecule has 1 aliphatic carbocycles. The SMILES string of the molecule is CCCS(=O)(=O)NCCOc1ccc2c(c1)CCCC2. The fourth-order valence-electron chi connectivity index (χ4n) is 2.51. The summed E-state index contributed by atoms with van der Waals surface area (Å²) < 4.78 is 31.1. The van der Waals surface area contributed by atoms with Crippen molar-refractivity contribution < 1.29 is 13.2 Å². The molecule has 0 aromatic heterocycles. The van der Waals surface area contributed by atoms with Crippen LogP contribution in [0.5, 0.6) is 5.75 Å². The van der Waals surface area contributed by atoms with Gasteiger partial charge in [-0.15, -0.1) is 0 Å². The number of aryl methyl sites for hydroxylation is 2. The monoisotopic (exact) mass is 297 g/mol. The first-order chi connectivity index (χ1) is 9.61. The summed E-state index contributed by atoms with van der Waals surface area (Å²) >= 11 is 0. The van der Waals surface area contributed by atoms with Crippen molar-refractivity contribution in [1.82, 2.24) is 4.72 Å². The highest BCUT2D eigenvalue weighted by Gasteiger charge is 2.10. The zero-order valence-corrected chi connectivity index (χ0v) is 12.8. The third-order valence-corrected chi connectivity index (χ3v) is 5.08. The maximum Gasteiger partial charge on any atom is 0.211 e. The lowest BCUT2D eigenvalue weighted by molar-refractivity contribution is 0.322. The molecule has 0 aliphatic heterocycles. The van der Waals surface area contributed by atoms with E-state index < -0.39 is 10.0 Å². The van der Waals surface area contributed by atoms with E-state index in [4.69, 9.17) is 4.74 Å². The Labute approximate surface area is 121 Å². The molecule has 4 nitrogen and oxygen atoms in total. The van der Waals surface area contributed by atoms with Gasteiger partial charge >= 0.3 is 0 Å². The molecule has 1 aromatic rings. The van der Waals surface area contributed by atoms with Crippen molar-refractivity contribution in [2.24, 2.45) is 0 Å². The van der Waals surface area contributed by atoms with Crippen LogP contribution in [0.3, 0.4) is 0 Å². The van der Waals surface area contributed by atoms with Gasteiger partial charge in [-0.3, -0.25) is 0 Å². The second-order valence-corrected chi connectivity index (χ2v) is 7.13. The highest BCUT2D eigenvalue weighted by Crippen LogP contribution is 2.25. The van der Waals surface area contributed by atoms with Gasteiger partial charge in [0.05, 0.1) is 5.75 Å². The molecular weight excluding hydrogens is 274 g/mol. The van der Waals surface area contributed by atoms with E-state index in [1.165, 1.54) is 24.0 Å². The molecule has 20 heavy (non-hydrogen) atoms. The summed E-state index contributed by atoms with van der Waals surface area (Å²) in [5.74, 6) is 1.01. The molecule has 0 saturated carbocycles. The minimum absolute atomic E-state index is 0.172. The van der Waals surface area contributed by atoms with Gasteiger partial charge in [0.1, 0.15) is 12.4 Å². The largest absolute Gasteiger partial charge is 0.492 e. The summed E-state index contributed by atoms with van der Waals surface area (Å²) in [6, 6.07) is 6.20. The van der Waals surface area contributed by atoms with Gasteiger partial charge in [0.2, 0.25) is 10.0 Å². The van der Waals surface area contributed by atoms with Crippen molar-refractivity contribution in [3.05, 3.63) is 29.3 Å². The van der Waals surface area contributed by atoms with Gasteiger partial charge in [-0.25, -0.2) is 13.1 Å². The van der Waals surface area contributed by atoms with Crippen molar-refractivity contribution in [1.29, 1.82) is 0 Å². The molecule has 0 fully saturated rings. The Hall–Kier alpha value is -1.07. The standard InChI is InChI=1S/C15H23NO3S/c1-2-11-20(17,18)16-9-10-19-15-8-7-13-5-3-4-6-14(13)12-15/h7-8,12,16H,2-6,9-11H2,1H3. The molecule has 1 N–H and O–H groups in total. The third kappa shape index (κ3) is 4.49. The van der Waals surface area contributed by atoms with E-state index in [1.807, 2.05) is 13.0 Å². The Balaban J connectivity index is 1.80. The first-order valence-corrected chi connectivity index (χ1v) is 8.98. The Morgan fingerprint density at radius 1 is 1.20 bits per heavy atom. The van der Waals surface area contributed by atoms with Gasteiger partial charge in [-0.05, 0) is 55.4 Å². The van der Waals surface area contributed by atoms with Crippen molar-refractivity contribution >= 4 is 10.0 Å². The van der Waals surface area contributed by atoms with E-state index in [9.17, 15) is 8.42 Å². The van der Waals surface area contributed by atoms with Gasteiger partial charge in [0, 0.05) is 6.54 Å². The summed E-state index contributed by atoms with van der Waals surface area (Å²) in [5, 5.41) is 0. The van der Waals surface area contributed by atoms with Crippen molar-refractivity contribution in [3.8, 4) is 5.75 Å². The molecule has 1 aliphatic rings. The summed E-state index contributed by atoms with van der Waals surface area (Å²) in [4.78, 5) is 0. The Kier molecular flexibility index (Phi) is 5.43. The topological polar surface area (TPSA) is 55.4 Å². The highest BCUT2D eigenvalue weighted by atomic mass is 32.2. The van der Waals surface area contributed by atoms with Crippen LogP contribution in [0, 0.1) is 0 Å². The van der Waals surface area contributed by atoms with Crippen molar-refractivity contribution in [2.75, 3.05) is 18.9 Å². The van der Waals surface area contributed by atoms with E-state index in [-0.39, 0.29) is 5.75 Å². The average Bonchev–Trinajstić information content (AvgIpc) is 2.43. The molecule has 112 valence electrons. The van der Waals surface area contributed by atoms with Crippen LogP contribution in [0.25, 0.3) is 0 Å². The molecule has 0 unspecified atom stereocenters. The first kappa shape index (κ1) is 15.3. The average molecular weight is 297 g/mol. The lowest BCUT2D eigenvalue weighted by Crippen LogP contribution is -2.30. The molecule has 0 spiro atoms. The first-order valence-electron chi connectivity index (χ1n) is 7.32. The van der Waals surface area contributed by atoms with Crippen molar-refractivity contribution in [3.63, 3.8) is 0 Å². The molecule has 2 rings (SSSR count). The van der Waals surface area contributed by atoms with Gasteiger partial charge < -0.3 is 4.74 Å². The smallest absolute Gasteiger partial charge is 0.211 e. The Morgan fingerprint density at radius 3 is 2.70 bits per heavy atom. The molecule has 0 saturated heterocycles. The van der Waals surface area contributed by atoms with Crippen LogP contribution < -0.4 is 9.46 Å². The molecule has 0 radical (unpaired) electrons. The van der Waals surface area contributed by atoms with Crippen LogP contribution in [0.4, 0.5) is 0 Å². The fourth-order valence-corrected chi connectivity index (χ4v) is 3.58. The number of nitrogens with one attached hydrogen (secondary N) is 1. The quantitative estimate of drug-likeness (QED) is 0.786. The van der Waals surface area contributed by atoms with Crippen LogP contribution in [0.1, 0.15) is 37.3 Å². The van der Waals surface area contributed by atoms with Gasteiger partial charge in [0.25, 0.3) is 0 Å².